The minimum absolute atomic E-state index is 0.176. The molecule has 0 aliphatic rings. The van der Waals surface area contributed by atoms with Gasteiger partial charge in [0.1, 0.15) is 0 Å². The van der Waals surface area contributed by atoms with Gasteiger partial charge in [0.05, 0.1) is 21.5 Å². The Morgan fingerprint density at radius 3 is 2.53 bits per heavy atom. The van der Waals surface area contributed by atoms with Gasteiger partial charge in [-0.1, -0.05) is 6.92 Å². The van der Waals surface area contributed by atoms with Gasteiger partial charge in [-0.2, -0.15) is 5.10 Å². The van der Waals surface area contributed by atoms with Gasteiger partial charge in [-0.05, 0) is 50.2 Å². The maximum absolute atomic E-state index is 5.72. The van der Waals surface area contributed by atoms with Gasteiger partial charge in [-0.15, -0.1) is 0 Å². The van der Waals surface area contributed by atoms with Crippen LogP contribution < -0.4 is 5.32 Å². The molecular weight excluding hydrogens is 306 g/mol. The van der Waals surface area contributed by atoms with E-state index in [-0.39, 0.29) is 11.6 Å². The van der Waals surface area contributed by atoms with E-state index in [1.54, 1.807) is 7.11 Å². The number of hydrogen-bond acceptors (Lipinski definition) is 3. The molecule has 19 heavy (non-hydrogen) atoms. The predicted molar refractivity (Wildman–Crippen MR) is 82.6 cm³/mol. The average molecular weight is 332 g/mol. The highest BCUT2D eigenvalue weighted by Gasteiger charge is 2.33. The van der Waals surface area contributed by atoms with Crippen molar-refractivity contribution in [3.63, 3.8) is 0 Å². The van der Waals surface area contributed by atoms with Crippen LogP contribution in [0.1, 0.15) is 38.6 Å². The highest BCUT2D eigenvalue weighted by molar-refractivity contribution is 9.10. The minimum atomic E-state index is -0.176. The summed E-state index contributed by atoms with van der Waals surface area (Å²) in [5, 5.41) is 7.94. The maximum Gasteiger partial charge on any atom is 0.0804 e. The molecule has 1 heterocycles. The molecule has 0 spiro atoms. The first-order valence-corrected chi connectivity index (χ1v) is 7.66. The summed E-state index contributed by atoms with van der Waals surface area (Å²) in [5.74, 6) is 0. The van der Waals surface area contributed by atoms with Crippen molar-refractivity contribution in [1.82, 2.24) is 15.1 Å². The van der Waals surface area contributed by atoms with Crippen molar-refractivity contribution in [2.24, 2.45) is 0 Å². The summed E-state index contributed by atoms with van der Waals surface area (Å²) in [7, 11) is 3.77. The number of aryl methyl sites for hydroxylation is 2. The van der Waals surface area contributed by atoms with E-state index in [0.717, 1.165) is 29.6 Å². The Labute approximate surface area is 125 Å². The second-order valence-electron chi connectivity index (χ2n) is 5.08. The van der Waals surface area contributed by atoms with Gasteiger partial charge in [-0.25, -0.2) is 0 Å². The zero-order valence-corrected chi connectivity index (χ0v) is 14.5. The lowest BCUT2D eigenvalue weighted by molar-refractivity contribution is -0.0273. The van der Waals surface area contributed by atoms with Gasteiger partial charge < -0.3 is 10.1 Å². The molecule has 110 valence electrons. The first-order valence-electron chi connectivity index (χ1n) is 6.87. The average Bonchev–Trinajstić information content (AvgIpc) is 2.70. The third kappa shape index (κ3) is 3.38. The molecule has 5 heteroatoms. The van der Waals surface area contributed by atoms with Gasteiger partial charge in [0, 0.05) is 26.1 Å². The molecule has 1 aromatic heterocycles. The van der Waals surface area contributed by atoms with Crippen molar-refractivity contribution in [3.8, 4) is 0 Å². The summed E-state index contributed by atoms with van der Waals surface area (Å²) < 4.78 is 8.90. The van der Waals surface area contributed by atoms with Crippen molar-refractivity contribution in [3.05, 3.63) is 15.9 Å². The molecule has 0 aliphatic heterocycles. The van der Waals surface area contributed by atoms with E-state index in [4.69, 9.17) is 4.74 Å². The molecule has 0 saturated heterocycles. The van der Waals surface area contributed by atoms with Crippen LogP contribution in [-0.2, 0) is 17.7 Å². The van der Waals surface area contributed by atoms with Crippen molar-refractivity contribution >= 4 is 15.9 Å². The standard InChI is InChI=1S/C14H26BrN3O/c1-7-14(4,19-6)12(16-5)9-11-13(15)10(3)17-18(11)8-2/h12,16H,7-9H2,1-6H3. The Morgan fingerprint density at radius 2 is 2.11 bits per heavy atom. The normalized spacial score (nSPS) is 16.4. The predicted octanol–water partition coefficient (Wildman–Crippen LogP) is 2.92. The van der Waals surface area contributed by atoms with Crippen molar-refractivity contribution in [2.75, 3.05) is 14.2 Å². The Bertz CT molecular complexity index is 413. The van der Waals surface area contributed by atoms with Crippen LogP contribution in [0, 0.1) is 6.92 Å². The molecule has 1 aromatic rings. The Kier molecular flexibility index (Phi) is 6.02. The molecule has 1 rings (SSSR count). The lowest BCUT2D eigenvalue weighted by atomic mass is 9.89. The number of ether oxygens (including phenoxy) is 1. The number of rotatable bonds is 7. The second-order valence-corrected chi connectivity index (χ2v) is 5.87. The van der Waals surface area contributed by atoms with Crippen LogP contribution in [0.2, 0.25) is 0 Å². The van der Waals surface area contributed by atoms with Gasteiger partial charge in [0.25, 0.3) is 0 Å². The number of nitrogens with one attached hydrogen (secondary N) is 1. The fraction of sp³-hybridized carbons (Fsp3) is 0.786. The number of hydrogen-bond donors (Lipinski definition) is 1. The number of methoxy groups -OCH3 is 1. The Balaban J connectivity index is 3.05. The summed E-state index contributed by atoms with van der Waals surface area (Å²) in [6, 6.07) is 0.250. The molecule has 0 aliphatic carbocycles. The van der Waals surface area contributed by atoms with E-state index in [9.17, 15) is 0 Å². The zero-order chi connectivity index (χ0) is 14.6. The molecule has 0 aromatic carbocycles. The zero-order valence-electron chi connectivity index (χ0n) is 12.9. The van der Waals surface area contributed by atoms with Crippen LogP contribution in [0.3, 0.4) is 0 Å². The van der Waals surface area contributed by atoms with Crippen molar-refractivity contribution in [2.45, 2.75) is 58.7 Å². The van der Waals surface area contributed by atoms with Crippen LogP contribution >= 0.6 is 15.9 Å². The highest BCUT2D eigenvalue weighted by Crippen LogP contribution is 2.27. The first-order chi connectivity index (χ1) is 8.93. The Morgan fingerprint density at radius 1 is 1.47 bits per heavy atom. The van der Waals surface area contributed by atoms with Crippen molar-refractivity contribution in [1.29, 1.82) is 0 Å². The largest absolute Gasteiger partial charge is 0.377 e. The first kappa shape index (κ1) is 16.7. The Hall–Kier alpha value is -0.390. The lowest BCUT2D eigenvalue weighted by Gasteiger charge is -2.35. The molecule has 0 radical (unpaired) electrons. The number of aromatic nitrogens is 2. The molecule has 2 unspecified atom stereocenters. The third-order valence-corrected chi connectivity index (χ3v) is 5.14. The molecule has 0 saturated carbocycles. The highest BCUT2D eigenvalue weighted by atomic mass is 79.9. The number of likely N-dealkylation sites (N-methyl/N-ethyl adjacent to an activating group) is 1. The van der Waals surface area contributed by atoms with Crippen LogP contribution in [0.25, 0.3) is 0 Å². The van der Waals surface area contributed by atoms with Crippen LogP contribution in [-0.4, -0.2) is 35.6 Å². The van der Waals surface area contributed by atoms with E-state index in [0.29, 0.717) is 0 Å². The summed E-state index contributed by atoms with van der Waals surface area (Å²) in [5.41, 5.74) is 2.10. The quantitative estimate of drug-likeness (QED) is 0.834. The van der Waals surface area contributed by atoms with Gasteiger partial charge in [-0.3, -0.25) is 4.68 Å². The topological polar surface area (TPSA) is 39.1 Å². The van der Waals surface area contributed by atoms with E-state index < -0.39 is 0 Å². The summed E-state index contributed by atoms with van der Waals surface area (Å²) in [6.45, 7) is 9.34. The minimum Gasteiger partial charge on any atom is -0.377 e. The van der Waals surface area contributed by atoms with Gasteiger partial charge >= 0.3 is 0 Å². The lowest BCUT2D eigenvalue weighted by Crippen LogP contribution is -2.50. The van der Waals surface area contributed by atoms with E-state index >= 15 is 0 Å². The third-order valence-electron chi connectivity index (χ3n) is 4.10. The van der Waals surface area contributed by atoms with Gasteiger partial charge in [0.2, 0.25) is 0 Å². The fourth-order valence-electron chi connectivity index (χ4n) is 2.41. The van der Waals surface area contributed by atoms with E-state index in [2.05, 4.69) is 51.8 Å². The van der Waals surface area contributed by atoms with Crippen molar-refractivity contribution < 1.29 is 4.74 Å². The number of halogens is 1. The molecule has 1 N–H and O–H groups in total. The molecule has 0 fully saturated rings. The molecule has 0 bridgehead atoms. The molecule has 4 nitrogen and oxygen atoms in total. The summed E-state index contributed by atoms with van der Waals surface area (Å²) >= 11 is 3.66. The SMILES string of the molecule is CCn1nc(C)c(Br)c1CC(NC)C(C)(CC)OC. The molecular formula is C14H26BrN3O. The van der Waals surface area contributed by atoms with E-state index in [1.165, 1.54) is 5.69 Å². The second kappa shape index (κ2) is 6.86. The van der Waals surface area contributed by atoms with E-state index in [1.807, 2.05) is 14.0 Å². The van der Waals surface area contributed by atoms with Gasteiger partial charge in [0.15, 0.2) is 0 Å². The monoisotopic (exact) mass is 331 g/mol. The summed E-state index contributed by atoms with van der Waals surface area (Å²) in [6.07, 6.45) is 1.86. The van der Waals surface area contributed by atoms with Crippen LogP contribution in [0.4, 0.5) is 0 Å². The molecule has 2 atom stereocenters. The maximum atomic E-state index is 5.72. The summed E-state index contributed by atoms with van der Waals surface area (Å²) in [4.78, 5) is 0. The smallest absolute Gasteiger partial charge is 0.0804 e. The van der Waals surface area contributed by atoms with Crippen LogP contribution in [0.15, 0.2) is 4.47 Å². The number of nitrogens with zero attached hydrogens (tertiary/aromatic N) is 2. The fourth-order valence-corrected chi connectivity index (χ4v) is 2.86. The molecule has 0 amide bonds. The van der Waals surface area contributed by atoms with Crippen LogP contribution in [0.5, 0.6) is 0 Å².